The first-order valence-electron chi connectivity index (χ1n) is 12.5. The van der Waals surface area contributed by atoms with Crippen molar-refractivity contribution < 1.29 is 14.6 Å². The lowest BCUT2D eigenvalue weighted by Gasteiger charge is -2.26. The van der Waals surface area contributed by atoms with Gasteiger partial charge in [0.25, 0.3) is 5.91 Å². The van der Waals surface area contributed by atoms with E-state index in [0.717, 1.165) is 41.7 Å². The maximum absolute atomic E-state index is 13.6. The number of nitrogens with zero attached hydrogens (tertiary/aromatic N) is 3. The van der Waals surface area contributed by atoms with Crippen molar-refractivity contribution in [3.63, 3.8) is 0 Å². The zero-order valence-corrected chi connectivity index (χ0v) is 21.6. The van der Waals surface area contributed by atoms with E-state index in [9.17, 15) is 9.90 Å². The van der Waals surface area contributed by atoms with Crippen LogP contribution in [-0.2, 0) is 6.54 Å². The monoisotopic (exact) mass is 516 g/mol. The van der Waals surface area contributed by atoms with Gasteiger partial charge in [-0.05, 0) is 60.4 Å². The molecule has 37 heavy (non-hydrogen) atoms. The Kier molecular flexibility index (Phi) is 7.15. The van der Waals surface area contributed by atoms with E-state index in [1.807, 2.05) is 43.3 Å². The molecule has 2 aromatic heterocycles. The summed E-state index contributed by atoms with van der Waals surface area (Å²) in [5.41, 5.74) is 4.68. The number of halogens is 1. The number of carbonyl (C=O) groups excluding carboxylic acids is 1. The van der Waals surface area contributed by atoms with Gasteiger partial charge >= 0.3 is 0 Å². The molecular weight excluding hydrogens is 488 g/mol. The highest BCUT2D eigenvalue weighted by molar-refractivity contribution is 6.31. The maximum Gasteiger partial charge on any atom is 0.273 e. The van der Waals surface area contributed by atoms with Crippen LogP contribution < -0.4 is 4.74 Å². The lowest BCUT2D eigenvalue weighted by atomic mass is 9.95. The van der Waals surface area contributed by atoms with Gasteiger partial charge in [0.2, 0.25) is 0 Å². The van der Waals surface area contributed by atoms with Crippen molar-refractivity contribution in [1.29, 1.82) is 0 Å². The highest BCUT2D eigenvalue weighted by Crippen LogP contribution is 2.46. The summed E-state index contributed by atoms with van der Waals surface area (Å²) < 4.78 is 5.90. The van der Waals surface area contributed by atoms with Crippen molar-refractivity contribution in [2.75, 3.05) is 6.61 Å². The zero-order valence-electron chi connectivity index (χ0n) is 20.9. The normalized spacial score (nSPS) is 14.7. The Morgan fingerprint density at radius 1 is 1.16 bits per heavy atom. The lowest BCUT2D eigenvalue weighted by molar-refractivity contribution is 0.0730. The minimum Gasteiger partial charge on any atom is -0.507 e. The summed E-state index contributed by atoms with van der Waals surface area (Å²) in [5.74, 6) is 0.683. The average molecular weight is 517 g/mol. The standard InChI is InChI=1S/C29H29ClN4O3/c1-3-4-5-13-37-21-10-8-20(9-11-21)28-25-26(22-15-23(30)18(2)14-24(22)35)32-33-27(25)29(36)34(28)17-19-7-6-12-31-16-19/h6-12,14-16,28,35H,3-5,13,17H2,1-2H3,(H,32,33). The predicted molar refractivity (Wildman–Crippen MR) is 143 cm³/mol. The molecule has 5 rings (SSSR count). The number of H-pyrrole nitrogens is 1. The predicted octanol–water partition coefficient (Wildman–Crippen LogP) is 6.45. The molecule has 2 aromatic carbocycles. The van der Waals surface area contributed by atoms with Crippen molar-refractivity contribution in [1.82, 2.24) is 20.1 Å². The maximum atomic E-state index is 13.6. The number of hydrogen-bond acceptors (Lipinski definition) is 5. The lowest BCUT2D eigenvalue weighted by Crippen LogP contribution is -2.29. The molecule has 1 aliphatic rings. The van der Waals surface area contributed by atoms with Crippen molar-refractivity contribution in [2.24, 2.45) is 0 Å². The van der Waals surface area contributed by atoms with Gasteiger partial charge in [0.15, 0.2) is 0 Å². The van der Waals surface area contributed by atoms with E-state index >= 15 is 0 Å². The molecule has 1 amide bonds. The summed E-state index contributed by atoms with van der Waals surface area (Å²) in [7, 11) is 0. The summed E-state index contributed by atoms with van der Waals surface area (Å²) in [6, 6.07) is 14.5. The van der Waals surface area contributed by atoms with Gasteiger partial charge in [-0.2, -0.15) is 5.10 Å². The quantitative estimate of drug-likeness (QED) is 0.249. The first-order chi connectivity index (χ1) is 18.0. The summed E-state index contributed by atoms with van der Waals surface area (Å²) in [6.45, 7) is 5.03. The molecule has 0 spiro atoms. The third kappa shape index (κ3) is 4.91. The SMILES string of the molecule is CCCCCOc1ccc(C2c3c(-c4cc(Cl)c(C)cc4O)n[nH]c3C(=O)N2Cc2cccnc2)cc1. The minimum absolute atomic E-state index is 0.0592. The molecule has 1 aliphatic heterocycles. The number of ether oxygens (including phenoxy) is 1. The Morgan fingerprint density at radius 3 is 2.70 bits per heavy atom. The molecule has 0 saturated carbocycles. The van der Waals surface area contributed by atoms with Crippen LogP contribution in [-0.4, -0.2) is 37.7 Å². The number of phenolic OH excluding ortho intramolecular Hbond substituents is 1. The number of unbranched alkanes of at least 4 members (excludes halogenated alkanes) is 2. The number of carbonyl (C=O) groups is 1. The smallest absolute Gasteiger partial charge is 0.273 e. The summed E-state index contributed by atoms with van der Waals surface area (Å²) >= 11 is 6.40. The van der Waals surface area contributed by atoms with Crippen molar-refractivity contribution in [3.05, 3.63) is 93.9 Å². The van der Waals surface area contributed by atoms with Crippen LogP contribution >= 0.6 is 11.6 Å². The topological polar surface area (TPSA) is 91.3 Å². The molecule has 8 heteroatoms. The molecule has 0 bridgehead atoms. The van der Waals surface area contributed by atoms with Gasteiger partial charge in [-0.25, -0.2) is 0 Å². The number of aryl methyl sites for hydroxylation is 1. The van der Waals surface area contributed by atoms with E-state index in [0.29, 0.717) is 40.7 Å². The van der Waals surface area contributed by atoms with Crippen LogP contribution in [0.15, 0.2) is 60.9 Å². The Hall–Kier alpha value is -3.84. The molecule has 2 N–H and O–H groups in total. The van der Waals surface area contributed by atoms with Crippen LogP contribution in [0, 0.1) is 6.92 Å². The molecule has 1 unspecified atom stereocenters. The van der Waals surface area contributed by atoms with E-state index < -0.39 is 6.04 Å². The Balaban J connectivity index is 1.55. The fourth-order valence-corrected chi connectivity index (χ4v) is 4.91. The number of fused-ring (bicyclic) bond motifs is 1. The molecule has 4 aromatic rings. The second-order valence-electron chi connectivity index (χ2n) is 9.30. The summed E-state index contributed by atoms with van der Waals surface area (Å²) in [4.78, 5) is 19.6. The van der Waals surface area contributed by atoms with Gasteiger partial charge in [0, 0.05) is 35.1 Å². The largest absolute Gasteiger partial charge is 0.507 e. The third-order valence-corrected chi connectivity index (χ3v) is 7.09. The van der Waals surface area contributed by atoms with E-state index in [2.05, 4.69) is 22.1 Å². The van der Waals surface area contributed by atoms with Gasteiger partial charge in [-0.3, -0.25) is 14.9 Å². The third-order valence-electron chi connectivity index (χ3n) is 6.68. The van der Waals surface area contributed by atoms with E-state index in [1.54, 1.807) is 29.4 Å². The first-order valence-corrected chi connectivity index (χ1v) is 12.9. The van der Waals surface area contributed by atoms with Gasteiger partial charge < -0.3 is 14.7 Å². The second kappa shape index (κ2) is 10.6. The number of aromatic nitrogens is 3. The van der Waals surface area contributed by atoms with Crippen LogP contribution in [0.2, 0.25) is 5.02 Å². The highest BCUT2D eigenvalue weighted by atomic mass is 35.5. The van der Waals surface area contributed by atoms with Gasteiger partial charge in [0.05, 0.1) is 12.6 Å². The fraction of sp³-hybridized carbons (Fsp3) is 0.276. The van der Waals surface area contributed by atoms with E-state index in [4.69, 9.17) is 16.3 Å². The van der Waals surface area contributed by atoms with E-state index in [1.165, 1.54) is 0 Å². The molecule has 190 valence electrons. The molecule has 0 radical (unpaired) electrons. The Labute approximate surface area is 221 Å². The molecular formula is C29H29ClN4O3. The molecule has 0 fully saturated rings. The van der Waals surface area contributed by atoms with Crippen molar-refractivity contribution >= 4 is 17.5 Å². The molecule has 1 atom stereocenters. The number of rotatable bonds is 9. The molecule has 3 heterocycles. The van der Waals surface area contributed by atoms with Crippen LogP contribution in [0.4, 0.5) is 0 Å². The number of phenols is 1. The molecule has 7 nitrogen and oxygen atoms in total. The van der Waals surface area contributed by atoms with Gasteiger partial charge in [0.1, 0.15) is 22.9 Å². The number of amides is 1. The number of nitrogens with one attached hydrogen (secondary N) is 1. The number of aromatic hydroxyl groups is 1. The molecule has 0 saturated heterocycles. The first kappa shape index (κ1) is 24.8. The van der Waals surface area contributed by atoms with Crippen LogP contribution in [0.1, 0.15) is 65.0 Å². The minimum atomic E-state index is -0.426. The molecule has 0 aliphatic carbocycles. The van der Waals surface area contributed by atoms with Crippen molar-refractivity contribution in [3.8, 4) is 22.8 Å². The zero-order chi connectivity index (χ0) is 25.9. The fourth-order valence-electron chi connectivity index (χ4n) is 4.74. The summed E-state index contributed by atoms with van der Waals surface area (Å²) in [5, 5.41) is 18.7. The highest BCUT2D eigenvalue weighted by Gasteiger charge is 2.42. The van der Waals surface area contributed by atoms with Gasteiger partial charge in [-0.1, -0.05) is 49.6 Å². The number of aromatic amines is 1. The average Bonchev–Trinajstić information content (AvgIpc) is 3.44. The number of pyridine rings is 1. The van der Waals surface area contributed by atoms with Crippen LogP contribution in [0.5, 0.6) is 11.5 Å². The van der Waals surface area contributed by atoms with E-state index in [-0.39, 0.29) is 11.7 Å². The Bertz CT molecular complexity index is 1400. The Morgan fingerprint density at radius 2 is 1.97 bits per heavy atom. The number of hydrogen-bond donors (Lipinski definition) is 2. The number of benzene rings is 2. The van der Waals surface area contributed by atoms with Crippen molar-refractivity contribution in [2.45, 2.75) is 45.7 Å². The van der Waals surface area contributed by atoms with Crippen LogP contribution in [0.3, 0.4) is 0 Å². The van der Waals surface area contributed by atoms with Gasteiger partial charge in [-0.15, -0.1) is 0 Å². The second-order valence-corrected chi connectivity index (χ2v) is 9.71. The summed E-state index contributed by atoms with van der Waals surface area (Å²) in [6.07, 6.45) is 6.75. The van der Waals surface area contributed by atoms with Crippen LogP contribution in [0.25, 0.3) is 11.3 Å².